The number of aliphatic imine (C=N–C) groups is 2. The van der Waals surface area contributed by atoms with Crippen LogP contribution >= 0.6 is 0 Å². The van der Waals surface area contributed by atoms with E-state index in [1.54, 1.807) is 0 Å². The molecule has 1 atom stereocenters. The maximum Gasteiger partial charge on any atom is 0.158 e. The van der Waals surface area contributed by atoms with Gasteiger partial charge in [0.25, 0.3) is 0 Å². The smallest absolute Gasteiger partial charge is 0.158 e. The van der Waals surface area contributed by atoms with Gasteiger partial charge < -0.3 is 5.73 Å². The Morgan fingerprint density at radius 1 is 0.489 bits per heavy atom. The molecule has 1 unspecified atom stereocenters. The topological polar surface area (TPSA) is 55.7 Å². The second-order valence-electron chi connectivity index (χ2n) is 12.0. The minimum absolute atomic E-state index is 0.557. The molecule has 1 aromatic heterocycles. The van der Waals surface area contributed by atoms with Crippen LogP contribution < -0.4 is 5.73 Å². The minimum Gasteiger partial charge on any atom is -0.306 e. The first-order chi connectivity index (χ1) is 23.3. The molecule has 0 amide bonds. The lowest BCUT2D eigenvalue weighted by Gasteiger charge is -2.12. The predicted octanol–water partition coefficient (Wildman–Crippen LogP) is 10.4. The minimum atomic E-state index is -0.557. The molecule has 0 bridgehead atoms. The van der Waals surface area contributed by atoms with Crippen LogP contribution in [0.3, 0.4) is 0 Å². The zero-order chi connectivity index (χ0) is 31.3. The fourth-order valence-corrected chi connectivity index (χ4v) is 7.14. The van der Waals surface area contributed by atoms with E-state index in [-0.39, 0.29) is 0 Å². The lowest BCUT2D eigenvalue weighted by atomic mass is 9.92. The highest BCUT2D eigenvalue weighted by molar-refractivity contribution is 6.39. The van der Waals surface area contributed by atoms with Gasteiger partial charge in [-0.15, -0.1) is 0 Å². The summed E-state index contributed by atoms with van der Waals surface area (Å²) < 4.78 is 2.28. The lowest BCUT2D eigenvalue weighted by molar-refractivity contribution is 0.775. The monoisotopic (exact) mass is 602 g/mol. The second-order valence-corrected chi connectivity index (χ2v) is 12.0. The summed E-state index contributed by atoms with van der Waals surface area (Å²) in [6.45, 7) is 0. The third kappa shape index (κ3) is 4.42. The standard InChI is InChI=1S/C43H30N4/c44-42(30-15-3-1-4-16-30)46-43(31-17-5-2-6-18-31)45-27-47-40-33-20-10-8-14-29(33)24-26-37(40)39-38-32-19-9-7-13-28(32)23-25-35(38)34-21-11-12-22-36(34)41(39)47/h1-27,42H,44H2. The fraction of sp³-hybridized carbons (Fsp3) is 0.0233. The summed E-state index contributed by atoms with van der Waals surface area (Å²) in [5.74, 6) is 0.577. The quantitative estimate of drug-likeness (QED) is 0.122. The van der Waals surface area contributed by atoms with Gasteiger partial charge in [0.2, 0.25) is 0 Å². The van der Waals surface area contributed by atoms with Crippen LogP contribution in [-0.4, -0.2) is 16.7 Å². The molecule has 47 heavy (non-hydrogen) atoms. The Kier molecular flexibility index (Phi) is 6.41. The number of nitrogens with zero attached hydrogens (tertiary/aromatic N) is 3. The largest absolute Gasteiger partial charge is 0.306 e. The number of fused-ring (bicyclic) bond motifs is 12. The van der Waals surface area contributed by atoms with Crippen molar-refractivity contribution in [3.8, 4) is 0 Å². The van der Waals surface area contributed by atoms with Gasteiger partial charge in [0.1, 0.15) is 12.5 Å². The van der Waals surface area contributed by atoms with Crippen molar-refractivity contribution in [2.24, 2.45) is 15.7 Å². The molecule has 0 saturated carbocycles. The van der Waals surface area contributed by atoms with Crippen LogP contribution in [-0.2, 0) is 0 Å². The molecule has 0 aliphatic carbocycles. The lowest BCUT2D eigenvalue weighted by Crippen LogP contribution is -2.11. The Morgan fingerprint density at radius 2 is 1.06 bits per heavy atom. The van der Waals surface area contributed by atoms with E-state index in [1.165, 1.54) is 53.9 Å². The van der Waals surface area contributed by atoms with Crippen LogP contribution in [0, 0.1) is 0 Å². The van der Waals surface area contributed by atoms with Gasteiger partial charge in [0.05, 0.1) is 11.0 Å². The number of benzene rings is 8. The van der Waals surface area contributed by atoms with Gasteiger partial charge >= 0.3 is 0 Å². The van der Waals surface area contributed by atoms with Gasteiger partial charge in [-0.2, -0.15) is 0 Å². The van der Waals surface area contributed by atoms with E-state index < -0.39 is 6.17 Å². The van der Waals surface area contributed by atoms with Crippen molar-refractivity contribution in [2.75, 3.05) is 0 Å². The summed E-state index contributed by atoms with van der Waals surface area (Å²) in [6.07, 6.45) is 1.39. The zero-order valence-corrected chi connectivity index (χ0v) is 25.6. The van der Waals surface area contributed by atoms with E-state index in [0.29, 0.717) is 5.84 Å². The van der Waals surface area contributed by atoms with Crippen molar-refractivity contribution in [3.05, 3.63) is 169 Å². The summed E-state index contributed by atoms with van der Waals surface area (Å²) in [5.41, 5.74) is 10.7. The van der Waals surface area contributed by atoms with Crippen LogP contribution in [0.2, 0.25) is 0 Å². The highest BCUT2D eigenvalue weighted by Crippen LogP contribution is 2.44. The van der Waals surface area contributed by atoms with Gasteiger partial charge in [-0.3, -0.25) is 4.57 Å². The maximum atomic E-state index is 6.66. The highest BCUT2D eigenvalue weighted by atomic mass is 15.1. The third-order valence-electron chi connectivity index (χ3n) is 9.27. The van der Waals surface area contributed by atoms with Crippen LogP contribution in [0.25, 0.3) is 64.9 Å². The molecular weight excluding hydrogens is 573 g/mol. The first kappa shape index (κ1) is 27.2. The van der Waals surface area contributed by atoms with E-state index in [1.807, 2.05) is 67.0 Å². The van der Waals surface area contributed by atoms with Crippen molar-refractivity contribution in [2.45, 2.75) is 6.17 Å². The Labute approximate surface area is 271 Å². The number of hydrogen-bond acceptors (Lipinski definition) is 2. The van der Waals surface area contributed by atoms with Crippen LogP contribution in [0.4, 0.5) is 0 Å². The van der Waals surface area contributed by atoms with Crippen molar-refractivity contribution >= 4 is 77.1 Å². The number of hydrogen-bond donors (Lipinski definition) is 1. The van der Waals surface area contributed by atoms with Crippen molar-refractivity contribution < 1.29 is 0 Å². The summed E-state index contributed by atoms with van der Waals surface area (Å²) in [6, 6.07) is 55.1. The van der Waals surface area contributed by atoms with Crippen LogP contribution in [0.15, 0.2) is 168 Å². The molecule has 9 aromatic rings. The molecule has 0 saturated heterocycles. The van der Waals surface area contributed by atoms with E-state index >= 15 is 0 Å². The fourth-order valence-electron chi connectivity index (χ4n) is 7.14. The molecular formula is C43H30N4. The molecule has 8 aromatic carbocycles. The molecule has 1 heterocycles. The third-order valence-corrected chi connectivity index (χ3v) is 9.27. The van der Waals surface area contributed by atoms with E-state index in [9.17, 15) is 0 Å². The SMILES string of the molecule is NC(N=C(N=Cn1c2c3ccccc3ccc2c2c3c4ccccc4ccc3c3ccccc3c21)c1ccccc1)c1ccccc1. The van der Waals surface area contributed by atoms with Gasteiger partial charge in [-0.05, 0) is 32.5 Å². The molecule has 9 rings (SSSR count). The number of amidine groups is 1. The second kappa shape index (κ2) is 11.1. The van der Waals surface area contributed by atoms with Crippen molar-refractivity contribution in [3.63, 3.8) is 0 Å². The first-order valence-corrected chi connectivity index (χ1v) is 15.9. The Morgan fingerprint density at radius 3 is 1.81 bits per heavy atom. The van der Waals surface area contributed by atoms with E-state index in [2.05, 4.69) is 102 Å². The normalized spacial score (nSPS) is 13.2. The summed E-state index contributed by atoms with van der Waals surface area (Å²) in [5, 5.41) is 12.1. The summed E-state index contributed by atoms with van der Waals surface area (Å²) >= 11 is 0. The average molecular weight is 603 g/mol. The molecule has 0 aliphatic rings. The molecule has 0 radical (unpaired) electrons. The number of rotatable bonds is 4. The molecule has 0 spiro atoms. The molecule has 4 heteroatoms. The van der Waals surface area contributed by atoms with Gasteiger partial charge in [0, 0.05) is 32.5 Å². The number of aromatic nitrogens is 1. The maximum absolute atomic E-state index is 6.66. The van der Waals surface area contributed by atoms with Crippen LogP contribution in [0.1, 0.15) is 17.3 Å². The molecule has 222 valence electrons. The highest BCUT2D eigenvalue weighted by Gasteiger charge is 2.20. The van der Waals surface area contributed by atoms with Gasteiger partial charge in [-0.25, -0.2) is 9.98 Å². The molecule has 0 fully saturated rings. The Balaban J connectivity index is 1.42. The molecule has 0 aliphatic heterocycles. The van der Waals surface area contributed by atoms with E-state index in [0.717, 1.165) is 22.2 Å². The summed E-state index contributed by atoms with van der Waals surface area (Å²) in [7, 11) is 0. The molecule has 2 N–H and O–H groups in total. The molecule has 4 nitrogen and oxygen atoms in total. The van der Waals surface area contributed by atoms with Crippen LogP contribution in [0.5, 0.6) is 0 Å². The van der Waals surface area contributed by atoms with E-state index in [4.69, 9.17) is 15.7 Å². The Hall–Kier alpha value is -6.10. The average Bonchev–Trinajstić information content (AvgIpc) is 3.48. The van der Waals surface area contributed by atoms with Crippen molar-refractivity contribution in [1.82, 2.24) is 4.57 Å². The van der Waals surface area contributed by atoms with Gasteiger partial charge in [0.15, 0.2) is 5.84 Å². The first-order valence-electron chi connectivity index (χ1n) is 15.9. The van der Waals surface area contributed by atoms with Gasteiger partial charge in [-0.1, -0.05) is 158 Å². The number of nitrogens with two attached hydrogens (primary N) is 1. The van der Waals surface area contributed by atoms with Crippen molar-refractivity contribution in [1.29, 1.82) is 0 Å². The Bertz CT molecular complexity index is 2690. The zero-order valence-electron chi connectivity index (χ0n) is 25.6. The predicted molar refractivity (Wildman–Crippen MR) is 200 cm³/mol. The summed E-state index contributed by atoms with van der Waals surface area (Å²) in [4.78, 5) is 10.1.